The van der Waals surface area contributed by atoms with Gasteiger partial charge in [0.15, 0.2) is 0 Å². The van der Waals surface area contributed by atoms with E-state index in [0.29, 0.717) is 17.2 Å². The third-order valence-corrected chi connectivity index (χ3v) is 6.70. The van der Waals surface area contributed by atoms with E-state index in [4.69, 9.17) is 4.98 Å². The maximum atomic E-state index is 12.7. The van der Waals surface area contributed by atoms with Gasteiger partial charge in [0.1, 0.15) is 5.65 Å². The number of pyridine rings is 1. The Morgan fingerprint density at radius 3 is 2.38 bits per heavy atom. The lowest BCUT2D eigenvalue weighted by molar-refractivity contribution is 0.0724. The van der Waals surface area contributed by atoms with Gasteiger partial charge in [0.2, 0.25) is 5.95 Å². The predicted octanol–water partition coefficient (Wildman–Crippen LogP) is 4.58. The standard InChI is InChI=1S/C25H29N5O2/c1-17-21-13-14-22(31)30(20-7-3-4-8-20)23(21)28-25(26-17)27-19-11-9-18(10-12-19)24(32)29-15-5-2-6-16-29/h9-14,20H,2-8,15-16H2,1H3,(H,26,27,28). The van der Waals surface area contributed by atoms with Crippen molar-refractivity contribution in [2.75, 3.05) is 18.4 Å². The third kappa shape index (κ3) is 3.99. The molecule has 1 aliphatic heterocycles. The van der Waals surface area contributed by atoms with E-state index < -0.39 is 0 Å². The number of carbonyl (C=O) groups is 1. The normalized spacial score (nSPS) is 17.1. The Balaban J connectivity index is 1.42. The predicted molar refractivity (Wildman–Crippen MR) is 126 cm³/mol. The number of amides is 1. The van der Waals surface area contributed by atoms with Gasteiger partial charge in [0.25, 0.3) is 11.5 Å². The zero-order valence-corrected chi connectivity index (χ0v) is 18.5. The van der Waals surface area contributed by atoms with Crippen molar-refractivity contribution in [1.82, 2.24) is 19.4 Å². The second-order valence-corrected chi connectivity index (χ2v) is 8.90. The molecule has 0 radical (unpaired) electrons. The first-order chi connectivity index (χ1) is 15.6. The number of aryl methyl sites for hydroxylation is 1. The first-order valence-electron chi connectivity index (χ1n) is 11.7. The molecule has 2 aromatic heterocycles. The van der Waals surface area contributed by atoms with Crippen LogP contribution in [0.4, 0.5) is 11.6 Å². The van der Waals surface area contributed by atoms with E-state index in [0.717, 1.165) is 68.4 Å². The van der Waals surface area contributed by atoms with E-state index in [-0.39, 0.29) is 17.5 Å². The summed E-state index contributed by atoms with van der Waals surface area (Å²) in [6.45, 7) is 3.62. The Morgan fingerprint density at radius 2 is 1.66 bits per heavy atom. The van der Waals surface area contributed by atoms with Crippen LogP contribution >= 0.6 is 0 Å². The molecule has 32 heavy (non-hydrogen) atoms. The summed E-state index contributed by atoms with van der Waals surface area (Å²) in [5.74, 6) is 0.553. The van der Waals surface area contributed by atoms with Crippen LogP contribution in [0.3, 0.4) is 0 Å². The van der Waals surface area contributed by atoms with Gasteiger partial charge in [-0.15, -0.1) is 0 Å². The maximum absolute atomic E-state index is 12.7. The molecule has 0 spiro atoms. The molecule has 0 bridgehead atoms. The van der Waals surface area contributed by atoms with Gasteiger partial charge in [-0.05, 0) is 69.4 Å². The van der Waals surface area contributed by atoms with Gasteiger partial charge in [0.05, 0.1) is 5.69 Å². The lowest BCUT2D eigenvalue weighted by Gasteiger charge is -2.26. The molecule has 1 aliphatic carbocycles. The van der Waals surface area contributed by atoms with Gasteiger partial charge in [0, 0.05) is 41.8 Å². The summed E-state index contributed by atoms with van der Waals surface area (Å²) in [4.78, 5) is 36.7. The van der Waals surface area contributed by atoms with Crippen molar-refractivity contribution in [3.63, 3.8) is 0 Å². The fraction of sp³-hybridized carbons (Fsp3) is 0.440. The molecule has 1 saturated carbocycles. The summed E-state index contributed by atoms with van der Waals surface area (Å²) in [5.41, 5.74) is 3.03. The summed E-state index contributed by atoms with van der Waals surface area (Å²) in [6.07, 6.45) is 7.67. The minimum atomic E-state index is -0.00553. The summed E-state index contributed by atoms with van der Waals surface area (Å²) < 4.78 is 1.85. The molecule has 2 fully saturated rings. The van der Waals surface area contributed by atoms with Crippen molar-refractivity contribution >= 4 is 28.6 Å². The molecule has 5 rings (SSSR count). The number of benzene rings is 1. The van der Waals surface area contributed by atoms with Gasteiger partial charge in [-0.3, -0.25) is 14.2 Å². The summed E-state index contributed by atoms with van der Waals surface area (Å²) in [5, 5.41) is 4.16. The van der Waals surface area contributed by atoms with Gasteiger partial charge < -0.3 is 10.2 Å². The number of nitrogens with zero attached hydrogens (tertiary/aromatic N) is 4. The first-order valence-corrected chi connectivity index (χ1v) is 11.7. The molecule has 1 aromatic carbocycles. The number of fused-ring (bicyclic) bond motifs is 1. The Labute approximate surface area is 187 Å². The van der Waals surface area contributed by atoms with Crippen LogP contribution < -0.4 is 10.9 Å². The summed E-state index contributed by atoms with van der Waals surface area (Å²) in [7, 11) is 0. The molecule has 166 valence electrons. The zero-order chi connectivity index (χ0) is 22.1. The second-order valence-electron chi connectivity index (χ2n) is 8.90. The monoisotopic (exact) mass is 431 g/mol. The number of hydrogen-bond donors (Lipinski definition) is 1. The lowest BCUT2D eigenvalue weighted by atomic mass is 10.1. The number of nitrogens with one attached hydrogen (secondary N) is 1. The van der Waals surface area contributed by atoms with Crippen LogP contribution in [-0.4, -0.2) is 38.4 Å². The van der Waals surface area contributed by atoms with Crippen LogP contribution in [0.1, 0.15) is 67.0 Å². The SMILES string of the molecule is Cc1nc(Nc2ccc(C(=O)N3CCCCC3)cc2)nc2c1ccc(=O)n2C1CCCC1. The zero-order valence-electron chi connectivity index (χ0n) is 18.5. The fourth-order valence-electron chi connectivity index (χ4n) is 4.96. The average Bonchev–Trinajstić information content (AvgIpc) is 3.34. The van der Waals surface area contributed by atoms with E-state index in [1.54, 1.807) is 6.07 Å². The highest BCUT2D eigenvalue weighted by Gasteiger charge is 2.22. The maximum Gasteiger partial charge on any atom is 0.253 e. The fourth-order valence-corrected chi connectivity index (χ4v) is 4.96. The third-order valence-electron chi connectivity index (χ3n) is 6.70. The van der Waals surface area contributed by atoms with Gasteiger partial charge >= 0.3 is 0 Å². The second kappa shape index (κ2) is 8.73. The first kappa shape index (κ1) is 20.7. The Morgan fingerprint density at radius 1 is 0.938 bits per heavy atom. The molecule has 1 N–H and O–H groups in total. The molecule has 1 saturated heterocycles. The molecule has 0 atom stereocenters. The van der Waals surface area contributed by atoms with Crippen LogP contribution in [-0.2, 0) is 0 Å². The number of piperidine rings is 1. The molecule has 3 heterocycles. The Bertz CT molecular complexity index is 1190. The average molecular weight is 432 g/mol. The topological polar surface area (TPSA) is 80.1 Å². The van der Waals surface area contributed by atoms with Gasteiger partial charge in [-0.1, -0.05) is 12.8 Å². The van der Waals surface area contributed by atoms with Crippen molar-refractivity contribution < 1.29 is 4.79 Å². The highest BCUT2D eigenvalue weighted by atomic mass is 16.2. The van der Waals surface area contributed by atoms with Crippen LogP contribution in [0, 0.1) is 6.92 Å². The van der Waals surface area contributed by atoms with Crippen molar-refractivity contribution in [1.29, 1.82) is 0 Å². The number of hydrogen-bond acceptors (Lipinski definition) is 5. The number of carbonyl (C=O) groups excluding carboxylic acids is 1. The van der Waals surface area contributed by atoms with Crippen LogP contribution in [0.5, 0.6) is 0 Å². The van der Waals surface area contributed by atoms with E-state index in [1.807, 2.05) is 46.7 Å². The molecule has 7 nitrogen and oxygen atoms in total. The highest BCUT2D eigenvalue weighted by molar-refractivity contribution is 5.94. The molecular formula is C25H29N5O2. The van der Waals surface area contributed by atoms with E-state index in [1.165, 1.54) is 6.42 Å². The lowest BCUT2D eigenvalue weighted by Crippen LogP contribution is -2.35. The highest BCUT2D eigenvalue weighted by Crippen LogP contribution is 2.31. The quantitative estimate of drug-likeness (QED) is 0.654. The number of likely N-dealkylation sites (tertiary alicyclic amines) is 1. The molecule has 7 heteroatoms. The van der Waals surface area contributed by atoms with Crippen LogP contribution in [0.2, 0.25) is 0 Å². The van der Waals surface area contributed by atoms with Crippen molar-refractivity contribution in [3.8, 4) is 0 Å². The summed E-state index contributed by atoms with van der Waals surface area (Å²) in [6, 6.07) is 11.1. The van der Waals surface area contributed by atoms with Crippen molar-refractivity contribution in [2.24, 2.45) is 0 Å². The smallest absolute Gasteiger partial charge is 0.253 e. The van der Waals surface area contributed by atoms with E-state index >= 15 is 0 Å². The number of aromatic nitrogens is 3. The van der Waals surface area contributed by atoms with E-state index in [9.17, 15) is 9.59 Å². The van der Waals surface area contributed by atoms with Gasteiger partial charge in [-0.25, -0.2) is 4.98 Å². The van der Waals surface area contributed by atoms with Crippen LogP contribution in [0.25, 0.3) is 11.0 Å². The van der Waals surface area contributed by atoms with E-state index in [2.05, 4.69) is 10.3 Å². The van der Waals surface area contributed by atoms with Crippen LogP contribution in [0.15, 0.2) is 41.2 Å². The van der Waals surface area contributed by atoms with Gasteiger partial charge in [-0.2, -0.15) is 4.98 Å². The molecular weight excluding hydrogens is 402 g/mol. The Hall–Kier alpha value is -3.22. The molecule has 2 aliphatic rings. The molecule has 0 unspecified atom stereocenters. The molecule has 1 amide bonds. The largest absolute Gasteiger partial charge is 0.339 e. The number of rotatable bonds is 4. The van der Waals surface area contributed by atoms with Crippen molar-refractivity contribution in [2.45, 2.75) is 57.9 Å². The summed E-state index contributed by atoms with van der Waals surface area (Å²) >= 11 is 0. The minimum Gasteiger partial charge on any atom is -0.339 e. The Kier molecular flexibility index (Phi) is 5.64. The number of anilines is 2. The minimum absolute atomic E-state index is 0.00553. The van der Waals surface area contributed by atoms with Crippen molar-refractivity contribution in [3.05, 3.63) is 58.0 Å². The molecule has 3 aromatic rings.